The molecule has 1 aromatic heterocycles. The fraction of sp³-hybridized carbons (Fsp3) is 0.700. The van der Waals surface area contributed by atoms with E-state index in [-0.39, 0.29) is 16.8 Å². The molecule has 18 heavy (non-hydrogen) atoms. The maximum absolute atomic E-state index is 12.1. The number of nitrogens with two attached hydrogens (primary N) is 1. The molecule has 3 N–H and O–H groups in total. The van der Waals surface area contributed by atoms with Gasteiger partial charge in [0.25, 0.3) is 0 Å². The van der Waals surface area contributed by atoms with Crippen molar-refractivity contribution in [2.24, 2.45) is 0 Å². The second kappa shape index (κ2) is 6.17. The van der Waals surface area contributed by atoms with Gasteiger partial charge in [-0.3, -0.25) is 4.68 Å². The van der Waals surface area contributed by atoms with Crippen molar-refractivity contribution in [3.8, 4) is 0 Å². The van der Waals surface area contributed by atoms with E-state index < -0.39 is 10.0 Å². The Morgan fingerprint density at radius 2 is 2.28 bits per heavy atom. The van der Waals surface area contributed by atoms with Crippen LogP contribution in [0.15, 0.2) is 11.1 Å². The summed E-state index contributed by atoms with van der Waals surface area (Å²) in [6.07, 6.45) is 2.30. The zero-order chi connectivity index (χ0) is 13.8. The summed E-state index contributed by atoms with van der Waals surface area (Å²) < 4.78 is 33.0. The highest BCUT2D eigenvalue weighted by Gasteiger charge is 2.22. The van der Waals surface area contributed by atoms with Crippen molar-refractivity contribution in [3.05, 3.63) is 6.20 Å². The second-order valence-corrected chi connectivity index (χ2v) is 5.80. The topological polar surface area (TPSA) is 99.2 Å². The third-order valence-corrected chi connectivity index (χ3v) is 3.88. The van der Waals surface area contributed by atoms with Crippen LogP contribution < -0.4 is 10.5 Å². The predicted octanol–water partition coefficient (Wildman–Crippen LogP) is 0.189. The number of sulfonamides is 1. The van der Waals surface area contributed by atoms with Crippen molar-refractivity contribution in [2.45, 2.75) is 37.8 Å². The molecule has 1 atom stereocenters. The normalized spacial score (nSPS) is 13.7. The van der Waals surface area contributed by atoms with Crippen molar-refractivity contribution in [1.82, 2.24) is 14.5 Å². The highest BCUT2D eigenvalue weighted by atomic mass is 32.2. The first-order valence-electron chi connectivity index (χ1n) is 5.75. The van der Waals surface area contributed by atoms with Crippen LogP contribution in [0.1, 0.15) is 20.3 Å². The average Bonchev–Trinajstić information content (AvgIpc) is 2.60. The number of nitrogens with zero attached hydrogens (tertiary/aromatic N) is 2. The number of aryl methyl sites for hydroxylation is 1. The Balaban J connectivity index is 2.90. The number of nitrogens with one attached hydrogen (secondary N) is 1. The molecule has 0 radical (unpaired) electrons. The Labute approximate surface area is 107 Å². The van der Waals surface area contributed by atoms with E-state index in [0.717, 1.165) is 6.42 Å². The Kier molecular flexibility index (Phi) is 5.12. The van der Waals surface area contributed by atoms with Gasteiger partial charge in [-0.1, -0.05) is 6.92 Å². The Morgan fingerprint density at radius 1 is 1.61 bits per heavy atom. The molecule has 0 aliphatic carbocycles. The number of ether oxygens (including phenoxy) is 1. The van der Waals surface area contributed by atoms with Gasteiger partial charge < -0.3 is 10.5 Å². The van der Waals surface area contributed by atoms with Gasteiger partial charge in [0, 0.05) is 25.9 Å². The van der Waals surface area contributed by atoms with Crippen molar-refractivity contribution >= 4 is 15.8 Å². The van der Waals surface area contributed by atoms with Crippen LogP contribution in [0.25, 0.3) is 0 Å². The van der Waals surface area contributed by atoms with Gasteiger partial charge in [0.1, 0.15) is 4.90 Å². The minimum absolute atomic E-state index is 0.0129. The van der Waals surface area contributed by atoms with Gasteiger partial charge in [-0.05, 0) is 13.3 Å². The van der Waals surface area contributed by atoms with Crippen LogP contribution in [0.5, 0.6) is 0 Å². The number of nitrogen functional groups attached to an aromatic ring is 1. The summed E-state index contributed by atoms with van der Waals surface area (Å²) in [5.74, 6) is 0.0144. The number of methoxy groups -OCH3 is 1. The first-order valence-corrected chi connectivity index (χ1v) is 7.23. The zero-order valence-corrected chi connectivity index (χ0v) is 11.7. The van der Waals surface area contributed by atoms with E-state index in [0.29, 0.717) is 13.2 Å². The lowest BCUT2D eigenvalue weighted by Gasteiger charge is -2.12. The predicted molar refractivity (Wildman–Crippen MR) is 68.6 cm³/mol. The molecule has 7 nitrogen and oxygen atoms in total. The second-order valence-electron chi connectivity index (χ2n) is 4.12. The van der Waals surface area contributed by atoms with Crippen molar-refractivity contribution in [3.63, 3.8) is 0 Å². The standard InChI is InChI=1S/C10H20N4O3S/c1-4-5-14-6-9(10(11)12-14)18(15,16)13-8(2)7-17-3/h6,8,13H,4-5,7H2,1-3H3,(H2,11,12). The van der Waals surface area contributed by atoms with Gasteiger partial charge in [-0.2, -0.15) is 5.10 Å². The van der Waals surface area contributed by atoms with E-state index in [1.165, 1.54) is 18.0 Å². The summed E-state index contributed by atoms with van der Waals surface area (Å²) in [6, 6.07) is -0.325. The lowest BCUT2D eigenvalue weighted by atomic mass is 10.4. The molecular weight excluding hydrogens is 256 g/mol. The summed E-state index contributed by atoms with van der Waals surface area (Å²) in [6.45, 7) is 4.62. The molecule has 0 bridgehead atoms. The van der Waals surface area contributed by atoms with Crippen LogP contribution in [0.3, 0.4) is 0 Å². The van der Waals surface area contributed by atoms with Crippen LogP contribution in [0.2, 0.25) is 0 Å². The fourth-order valence-electron chi connectivity index (χ4n) is 1.58. The number of hydrogen-bond donors (Lipinski definition) is 2. The minimum atomic E-state index is -3.65. The van der Waals surface area contributed by atoms with Gasteiger partial charge >= 0.3 is 0 Å². The molecule has 1 unspecified atom stereocenters. The highest BCUT2D eigenvalue weighted by molar-refractivity contribution is 7.89. The van der Waals surface area contributed by atoms with E-state index in [9.17, 15) is 8.42 Å². The Hall–Kier alpha value is -1.12. The zero-order valence-electron chi connectivity index (χ0n) is 10.9. The molecule has 1 aromatic rings. The van der Waals surface area contributed by atoms with Crippen LogP contribution in [-0.2, 0) is 21.3 Å². The van der Waals surface area contributed by atoms with E-state index in [1.54, 1.807) is 6.92 Å². The van der Waals surface area contributed by atoms with Crippen molar-refractivity contribution in [1.29, 1.82) is 0 Å². The Bertz CT molecular complexity index is 483. The number of rotatable bonds is 7. The van der Waals surface area contributed by atoms with E-state index >= 15 is 0 Å². The maximum atomic E-state index is 12.1. The summed E-state index contributed by atoms with van der Waals surface area (Å²) in [5, 5.41) is 3.96. The third-order valence-electron chi connectivity index (χ3n) is 2.27. The molecule has 0 fully saturated rings. The third kappa shape index (κ3) is 3.69. The molecule has 8 heteroatoms. The lowest BCUT2D eigenvalue weighted by molar-refractivity contribution is 0.180. The monoisotopic (exact) mass is 276 g/mol. The van der Waals surface area contributed by atoms with Gasteiger partial charge in [0.05, 0.1) is 6.61 Å². The minimum Gasteiger partial charge on any atom is -0.383 e. The van der Waals surface area contributed by atoms with Crippen LogP contribution in [0, 0.1) is 0 Å². The first kappa shape index (κ1) is 14.9. The summed E-state index contributed by atoms with van der Waals surface area (Å²) >= 11 is 0. The van der Waals surface area contributed by atoms with Gasteiger partial charge in [-0.15, -0.1) is 0 Å². The molecule has 0 spiro atoms. The highest BCUT2D eigenvalue weighted by Crippen LogP contribution is 2.16. The molecule has 1 heterocycles. The lowest BCUT2D eigenvalue weighted by Crippen LogP contribution is -2.35. The smallest absolute Gasteiger partial charge is 0.246 e. The summed E-state index contributed by atoms with van der Waals surface area (Å²) in [5.41, 5.74) is 5.63. The molecule has 1 rings (SSSR count). The fourth-order valence-corrected chi connectivity index (χ4v) is 2.88. The van der Waals surface area contributed by atoms with Crippen LogP contribution >= 0.6 is 0 Å². The number of hydrogen-bond acceptors (Lipinski definition) is 5. The van der Waals surface area contributed by atoms with E-state index in [2.05, 4.69) is 9.82 Å². The molecule has 0 aliphatic rings. The summed E-state index contributed by atoms with van der Waals surface area (Å²) in [4.78, 5) is 0.0129. The van der Waals surface area contributed by atoms with Crippen LogP contribution in [0.4, 0.5) is 5.82 Å². The van der Waals surface area contributed by atoms with E-state index in [4.69, 9.17) is 10.5 Å². The molecular formula is C10H20N4O3S. The maximum Gasteiger partial charge on any atom is 0.246 e. The molecule has 0 saturated carbocycles. The van der Waals surface area contributed by atoms with Gasteiger partial charge in [0.2, 0.25) is 10.0 Å². The van der Waals surface area contributed by atoms with E-state index in [1.807, 2.05) is 6.92 Å². The largest absolute Gasteiger partial charge is 0.383 e. The Morgan fingerprint density at radius 3 is 2.83 bits per heavy atom. The van der Waals surface area contributed by atoms with Gasteiger partial charge in [-0.25, -0.2) is 13.1 Å². The van der Waals surface area contributed by atoms with Crippen LogP contribution in [-0.4, -0.2) is 38.0 Å². The molecule has 0 aliphatic heterocycles. The first-order chi connectivity index (χ1) is 8.40. The molecule has 0 saturated heterocycles. The SMILES string of the molecule is CCCn1cc(S(=O)(=O)NC(C)COC)c(N)n1. The van der Waals surface area contributed by atoms with Crippen molar-refractivity contribution in [2.75, 3.05) is 19.5 Å². The van der Waals surface area contributed by atoms with Crippen molar-refractivity contribution < 1.29 is 13.2 Å². The summed E-state index contributed by atoms with van der Waals surface area (Å²) in [7, 11) is -2.14. The quantitative estimate of drug-likeness (QED) is 0.740. The molecule has 0 aromatic carbocycles. The van der Waals surface area contributed by atoms with Gasteiger partial charge in [0.15, 0.2) is 5.82 Å². The number of aromatic nitrogens is 2. The molecule has 0 amide bonds. The molecule has 104 valence electrons. The average molecular weight is 276 g/mol. The number of anilines is 1.